The van der Waals surface area contributed by atoms with E-state index in [1.807, 2.05) is 24.0 Å². The number of carbonyl (C=O) groups is 2. The van der Waals surface area contributed by atoms with Crippen LogP contribution in [0.25, 0.3) is 0 Å². The Kier molecular flexibility index (Phi) is 6.45. The number of benzene rings is 2. The number of aryl methyl sites for hydroxylation is 1. The first-order valence-electron chi connectivity index (χ1n) is 11.2. The second-order valence-corrected chi connectivity index (χ2v) is 8.92. The highest BCUT2D eigenvalue weighted by Gasteiger charge is 2.34. The molecule has 8 heteroatoms. The van der Waals surface area contributed by atoms with Crippen molar-refractivity contribution in [3.8, 4) is 0 Å². The van der Waals surface area contributed by atoms with Crippen LogP contribution in [0.2, 0.25) is 0 Å². The van der Waals surface area contributed by atoms with Gasteiger partial charge in [-0.3, -0.25) is 9.59 Å². The summed E-state index contributed by atoms with van der Waals surface area (Å²) in [5, 5.41) is 2.86. The highest BCUT2D eigenvalue weighted by atomic mass is 19.4. The lowest BCUT2D eigenvalue weighted by Gasteiger charge is -2.32. The topological polar surface area (TPSA) is 49.4 Å². The molecule has 2 aromatic rings. The third-order valence-corrected chi connectivity index (χ3v) is 6.60. The van der Waals surface area contributed by atoms with Gasteiger partial charge in [0.05, 0.1) is 12.0 Å². The van der Waals surface area contributed by atoms with Crippen LogP contribution in [0.15, 0.2) is 30.3 Å². The van der Waals surface area contributed by atoms with E-state index in [1.54, 1.807) is 0 Å². The lowest BCUT2D eigenvalue weighted by atomic mass is 9.93. The average Bonchev–Trinajstić information content (AvgIpc) is 3.29. The fraction of sp³-hybridized carbons (Fsp3) is 0.440. The van der Waals surface area contributed by atoms with Crippen molar-refractivity contribution in [2.45, 2.75) is 58.2 Å². The molecule has 0 bridgehead atoms. The Morgan fingerprint density at radius 1 is 1.12 bits per heavy atom. The first-order chi connectivity index (χ1) is 15.6. The number of nitrogens with zero attached hydrogens (tertiary/aromatic N) is 1. The number of nitrogens with one attached hydrogen (secondary N) is 1. The van der Waals surface area contributed by atoms with Crippen molar-refractivity contribution in [1.29, 1.82) is 0 Å². The smallest absolute Gasteiger partial charge is 0.338 e. The second-order valence-electron chi connectivity index (χ2n) is 8.92. The fourth-order valence-electron chi connectivity index (χ4n) is 4.83. The summed E-state index contributed by atoms with van der Waals surface area (Å²) in [4.78, 5) is 27.3. The van der Waals surface area contributed by atoms with Gasteiger partial charge in [0.15, 0.2) is 0 Å². The van der Waals surface area contributed by atoms with E-state index < -0.39 is 23.5 Å². The zero-order valence-electron chi connectivity index (χ0n) is 18.4. The molecule has 2 aliphatic rings. The number of halogens is 4. The van der Waals surface area contributed by atoms with Crippen LogP contribution in [-0.2, 0) is 35.2 Å². The van der Waals surface area contributed by atoms with Gasteiger partial charge >= 0.3 is 6.18 Å². The van der Waals surface area contributed by atoms with Crippen molar-refractivity contribution in [3.63, 3.8) is 0 Å². The summed E-state index contributed by atoms with van der Waals surface area (Å²) in [7, 11) is 0. The van der Waals surface area contributed by atoms with E-state index in [1.165, 1.54) is 0 Å². The van der Waals surface area contributed by atoms with E-state index in [9.17, 15) is 27.2 Å². The summed E-state index contributed by atoms with van der Waals surface area (Å²) in [5.41, 5.74) is 2.28. The third kappa shape index (κ3) is 5.04. The summed E-state index contributed by atoms with van der Waals surface area (Å²) in [5.74, 6) is -1.52. The fourth-order valence-corrected chi connectivity index (χ4v) is 4.83. The summed E-state index contributed by atoms with van der Waals surface area (Å²) < 4.78 is 52.1. The molecule has 0 spiro atoms. The highest BCUT2D eigenvalue weighted by molar-refractivity contribution is 5.94. The lowest BCUT2D eigenvalue weighted by Crippen LogP contribution is -2.39. The molecular weight excluding hydrogens is 436 g/mol. The molecule has 0 atom stereocenters. The number of fused-ring (bicyclic) bond motifs is 1. The van der Waals surface area contributed by atoms with Crippen molar-refractivity contribution in [1.82, 2.24) is 4.90 Å². The maximum absolute atomic E-state index is 13.8. The Hall–Kier alpha value is -2.90. The molecule has 1 fully saturated rings. The molecule has 1 N–H and O–H groups in total. The monoisotopic (exact) mass is 462 g/mol. The van der Waals surface area contributed by atoms with Gasteiger partial charge in [0, 0.05) is 24.7 Å². The quantitative estimate of drug-likeness (QED) is 0.618. The number of rotatable bonds is 4. The lowest BCUT2D eigenvalue weighted by molar-refractivity contribution is -0.140. The van der Waals surface area contributed by atoms with Crippen molar-refractivity contribution in [2.75, 3.05) is 11.9 Å². The van der Waals surface area contributed by atoms with Crippen LogP contribution in [-0.4, -0.2) is 23.3 Å². The zero-order chi connectivity index (χ0) is 23.8. The molecule has 4 nitrogen and oxygen atoms in total. The van der Waals surface area contributed by atoms with E-state index in [4.69, 9.17) is 0 Å². The van der Waals surface area contributed by atoms with Crippen LogP contribution in [0, 0.1) is 18.7 Å². The van der Waals surface area contributed by atoms with Gasteiger partial charge in [0.25, 0.3) is 0 Å². The van der Waals surface area contributed by atoms with Crippen LogP contribution in [0.5, 0.6) is 0 Å². The second kappa shape index (κ2) is 9.15. The number of carbonyl (C=O) groups excluding carboxylic acids is 2. The normalized spacial score (nSPS) is 16.6. The molecular formula is C25H26F4N2O2. The summed E-state index contributed by atoms with van der Waals surface area (Å²) in [6.07, 6.45) is -0.329. The Morgan fingerprint density at radius 2 is 1.85 bits per heavy atom. The Bertz CT molecular complexity index is 1070. The van der Waals surface area contributed by atoms with Gasteiger partial charge in [-0.2, -0.15) is 13.2 Å². The minimum atomic E-state index is -4.78. The molecule has 2 aromatic carbocycles. The Morgan fingerprint density at radius 3 is 2.52 bits per heavy atom. The van der Waals surface area contributed by atoms with Crippen LogP contribution in [0.1, 0.15) is 53.5 Å². The Labute approximate surface area is 190 Å². The molecule has 4 rings (SSSR count). The van der Waals surface area contributed by atoms with Gasteiger partial charge in [-0.05, 0) is 60.6 Å². The van der Waals surface area contributed by atoms with Crippen LogP contribution >= 0.6 is 0 Å². The Balaban J connectivity index is 1.47. The van der Waals surface area contributed by atoms with Crippen LogP contribution in [0.4, 0.5) is 23.2 Å². The highest BCUT2D eigenvalue weighted by Crippen LogP contribution is 2.34. The van der Waals surface area contributed by atoms with Gasteiger partial charge < -0.3 is 10.2 Å². The van der Waals surface area contributed by atoms with Crippen molar-refractivity contribution in [3.05, 3.63) is 64.0 Å². The predicted molar refractivity (Wildman–Crippen MR) is 116 cm³/mol. The van der Waals surface area contributed by atoms with Gasteiger partial charge in [-0.15, -0.1) is 0 Å². The predicted octanol–water partition coefficient (Wildman–Crippen LogP) is 5.41. The van der Waals surface area contributed by atoms with Crippen LogP contribution < -0.4 is 5.32 Å². The van der Waals surface area contributed by atoms with Crippen molar-refractivity contribution >= 4 is 17.5 Å². The standard InChI is InChI=1S/C25H26F4N2O2/c1-15-6-8-18-14-31(24(33)17-4-2-3-5-17)11-10-19(18)23(15)30-22(32)13-16-7-9-20(21(26)12-16)25(27,28)29/h6-9,12,17H,2-5,10-11,13-14H2,1H3,(H,30,32). The molecule has 1 aliphatic heterocycles. The number of hydrogen-bond donors (Lipinski definition) is 1. The number of amides is 2. The van der Waals surface area contributed by atoms with E-state index in [0.29, 0.717) is 31.3 Å². The SMILES string of the molecule is Cc1ccc2c(c1NC(=O)Cc1ccc(C(F)(F)F)c(F)c1)CCN(C(=O)C1CCCC1)C2. The maximum atomic E-state index is 13.8. The van der Waals surface area contributed by atoms with Gasteiger partial charge in [0.2, 0.25) is 11.8 Å². The number of hydrogen-bond acceptors (Lipinski definition) is 2. The average molecular weight is 462 g/mol. The molecule has 0 unspecified atom stereocenters. The molecule has 33 heavy (non-hydrogen) atoms. The minimum absolute atomic E-state index is 0.111. The first-order valence-corrected chi connectivity index (χ1v) is 11.2. The van der Waals surface area contributed by atoms with E-state index in [-0.39, 0.29) is 23.8 Å². The molecule has 0 radical (unpaired) electrons. The number of anilines is 1. The molecule has 1 saturated carbocycles. The van der Waals surface area contributed by atoms with Gasteiger partial charge in [-0.1, -0.05) is 31.0 Å². The molecule has 2 amide bonds. The van der Waals surface area contributed by atoms with Crippen LogP contribution in [0.3, 0.4) is 0 Å². The first kappa shape index (κ1) is 23.3. The van der Waals surface area contributed by atoms with E-state index in [2.05, 4.69) is 5.32 Å². The molecule has 1 heterocycles. The summed E-state index contributed by atoms with van der Waals surface area (Å²) in [6.45, 7) is 2.94. The molecule has 176 valence electrons. The zero-order valence-corrected chi connectivity index (χ0v) is 18.4. The number of alkyl halides is 3. The molecule has 1 aliphatic carbocycles. The van der Waals surface area contributed by atoms with Crippen molar-refractivity contribution in [2.24, 2.45) is 5.92 Å². The van der Waals surface area contributed by atoms with E-state index in [0.717, 1.165) is 54.5 Å². The van der Waals surface area contributed by atoms with E-state index >= 15 is 0 Å². The summed E-state index contributed by atoms with van der Waals surface area (Å²) in [6, 6.07) is 6.38. The summed E-state index contributed by atoms with van der Waals surface area (Å²) >= 11 is 0. The van der Waals surface area contributed by atoms with Crippen molar-refractivity contribution < 1.29 is 27.2 Å². The third-order valence-electron chi connectivity index (χ3n) is 6.60. The van der Waals surface area contributed by atoms with Gasteiger partial charge in [0.1, 0.15) is 5.82 Å². The van der Waals surface area contributed by atoms with Gasteiger partial charge in [-0.25, -0.2) is 4.39 Å². The maximum Gasteiger partial charge on any atom is 0.419 e. The minimum Gasteiger partial charge on any atom is -0.338 e. The largest absolute Gasteiger partial charge is 0.419 e. The molecule has 0 saturated heterocycles. The molecule has 0 aromatic heterocycles.